The van der Waals surface area contributed by atoms with Crippen LogP contribution < -0.4 is 14.8 Å². The van der Waals surface area contributed by atoms with Crippen molar-refractivity contribution in [2.24, 2.45) is 0 Å². The quantitative estimate of drug-likeness (QED) is 0.354. The molecule has 158 valence electrons. The Hall–Kier alpha value is -1.98. The maximum Gasteiger partial charge on any atom is 0.180 e. The fraction of sp³-hybridized carbons (Fsp3) is 0.217. The zero-order valence-corrected chi connectivity index (χ0v) is 18.6. The zero-order valence-electron chi connectivity index (χ0n) is 16.4. The second-order valence-electron chi connectivity index (χ2n) is 6.65. The third kappa shape index (κ3) is 6.02. The molecule has 0 heterocycles. The average molecular weight is 469 g/mol. The summed E-state index contributed by atoms with van der Waals surface area (Å²) >= 11 is 18.9. The van der Waals surface area contributed by atoms with E-state index in [0.29, 0.717) is 38.7 Å². The lowest BCUT2D eigenvalue weighted by atomic mass is 10.1. The zero-order chi connectivity index (χ0) is 21.5. The highest BCUT2D eigenvalue weighted by Crippen LogP contribution is 2.38. The van der Waals surface area contributed by atoms with Crippen molar-refractivity contribution in [2.45, 2.75) is 19.6 Å². The summed E-state index contributed by atoms with van der Waals surface area (Å²) in [7, 11) is 1.56. The van der Waals surface area contributed by atoms with Gasteiger partial charge in [0.25, 0.3) is 0 Å². The Labute approximate surface area is 190 Å². The van der Waals surface area contributed by atoms with E-state index < -0.39 is 0 Å². The van der Waals surface area contributed by atoms with Crippen LogP contribution in [0.3, 0.4) is 0 Å². The molecule has 7 heteroatoms. The maximum atomic E-state index is 13.0. The van der Waals surface area contributed by atoms with Crippen LogP contribution in [0.25, 0.3) is 0 Å². The van der Waals surface area contributed by atoms with Crippen molar-refractivity contribution in [1.82, 2.24) is 5.32 Å². The van der Waals surface area contributed by atoms with Crippen LogP contribution in [0.4, 0.5) is 4.39 Å². The lowest BCUT2D eigenvalue weighted by Crippen LogP contribution is -2.16. The molecule has 0 aromatic heterocycles. The summed E-state index contributed by atoms with van der Waals surface area (Å²) in [6.45, 7) is 1.52. The van der Waals surface area contributed by atoms with Crippen molar-refractivity contribution in [2.75, 3.05) is 13.7 Å². The van der Waals surface area contributed by atoms with Crippen LogP contribution >= 0.6 is 34.8 Å². The number of ether oxygens (including phenoxy) is 2. The first-order chi connectivity index (χ1) is 14.5. The largest absolute Gasteiger partial charge is 0.493 e. The predicted octanol–water partition coefficient (Wildman–Crippen LogP) is 6.71. The molecule has 3 rings (SSSR count). The minimum Gasteiger partial charge on any atom is -0.493 e. The minimum atomic E-state index is -0.229. The topological polar surface area (TPSA) is 30.5 Å². The highest BCUT2D eigenvalue weighted by Gasteiger charge is 2.14. The second-order valence-corrected chi connectivity index (χ2v) is 7.87. The number of hydrogen-bond donors (Lipinski definition) is 1. The molecule has 0 atom stereocenters. The molecule has 0 aliphatic heterocycles. The molecule has 0 radical (unpaired) electrons. The van der Waals surface area contributed by atoms with Gasteiger partial charge in [-0.25, -0.2) is 4.39 Å². The van der Waals surface area contributed by atoms with Gasteiger partial charge in [0.1, 0.15) is 12.4 Å². The van der Waals surface area contributed by atoms with E-state index in [1.807, 2.05) is 12.1 Å². The summed E-state index contributed by atoms with van der Waals surface area (Å²) < 4.78 is 24.3. The van der Waals surface area contributed by atoms with Gasteiger partial charge >= 0.3 is 0 Å². The molecule has 0 fully saturated rings. The molecule has 0 saturated heterocycles. The fourth-order valence-corrected chi connectivity index (χ4v) is 3.74. The Morgan fingerprint density at radius 2 is 1.60 bits per heavy atom. The van der Waals surface area contributed by atoms with Crippen LogP contribution in [0.5, 0.6) is 11.5 Å². The van der Waals surface area contributed by atoms with Gasteiger partial charge in [-0.1, -0.05) is 53.0 Å². The van der Waals surface area contributed by atoms with Crippen molar-refractivity contribution >= 4 is 34.8 Å². The fourth-order valence-electron chi connectivity index (χ4n) is 2.95. The third-order valence-corrected chi connectivity index (χ3v) is 5.53. The molecule has 0 amide bonds. The average Bonchev–Trinajstić information content (AvgIpc) is 2.73. The summed E-state index contributed by atoms with van der Waals surface area (Å²) in [5.74, 6) is 0.735. The Morgan fingerprint density at radius 3 is 2.27 bits per heavy atom. The number of nitrogens with one attached hydrogen (secondary N) is 1. The van der Waals surface area contributed by atoms with Crippen LogP contribution in [0.1, 0.15) is 16.7 Å². The molecular weight excluding hydrogens is 448 g/mol. The standard InChI is InChI=1S/C23H21Cl3FNO2/c1-29-22-12-16(13-28-10-9-15-5-7-17(27)8-6-15)11-21(26)23(22)30-14-18-19(24)3-2-4-20(18)25/h2-8,11-12,28H,9-10,13-14H2,1H3. The number of halogens is 4. The molecular formula is C23H21Cl3FNO2. The van der Waals surface area contributed by atoms with Gasteiger partial charge in [-0.05, 0) is 60.5 Å². The SMILES string of the molecule is COc1cc(CNCCc2ccc(F)cc2)cc(Cl)c1OCc1c(Cl)cccc1Cl. The van der Waals surface area contributed by atoms with Gasteiger partial charge in [0, 0.05) is 22.2 Å². The molecule has 0 saturated carbocycles. The van der Waals surface area contributed by atoms with Gasteiger partial charge < -0.3 is 14.8 Å². The first-order valence-electron chi connectivity index (χ1n) is 9.35. The highest BCUT2D eigenvalue weighted by atomic mass is 35.5. The number of methoxy groups -OCH3 is 1. The van der Waals surface area contributed by atoms with Crippen molar-refractivity contribution in [3.05, 3.63) is 92.2 Å². The lowest BCUT2D eigenvalue weighted by molar-refractivity contribution is 0.284. The van der Waals surface area contributed by atoms with Crippen LogP contribution in [-0.4, -0.2) is 13.7 Å². The summed E-state index contributed by atoms with van der Waals surface area (Å²) in [5.41, 5.74) is 2.71. The third-order valence-electron chi connectivity index (χ3n) is 4.54. The summed E-state index contributed by atoms with van der Waals surface area (Å²) in [6, 6.07) is 15.5. The number of benzene rings is 3. The Bertz CT molecular complexity index is 976. The van der Waals surface area contributed by atoms with E-state index in [1.165, 1.54) is 12.1 Å². The predicted molar refractivity (Wildman–Crippen MR) is 121 cm³/mol. The molecule has 30 heavy (non-hydrogen) atoms. The molecule has 1 N–H and O–H groups in total. The van der Waals surface area contributed by atoms with E-state index in [4.69, 9.17) is 44.3 Å². The normalized spacial score (nSPS) is 10.8. The minimum absolute atomic E-state index is 0.170. The Morgan fingerprint density at radius 1 is 0.900 bits per heavy atom. The molecule has 0 aliphatic carbocycles. The monoisotopic (exact) mass is 467 g/mol. The van der Waals surface area contributed by atoms with E-state index in [1.54, 1.807) is 37.4 Å². The summed E-state index contributed by atoms with van der Waals surface area (Å²) in [5, 5.41) is 4.84. The Balaban J connectivity index is 1.61. The van der Waals surface area contributed by atoms with E-state index in [0.717, 1.165) is 24.1 Å². The van der Waals surface area contributed by atoms with E-state index in [9.17, 15) is 4.39 Å². The van der Waals surface area contributed by atoms with Crippen molar-refractivity contribution < 1.29 is 13.9 Å². The molecule has 0 unspecified atom stereocenters. The van der Waals surface area contributed by atoms with E-state index in [2.05, 4.69) is 5.32 Å². The van der Waals surface area contributed by atoms with Gasteiger partial charge in [-0.2, -0.15) is 0 Å². The summed E-state index contributed by atoms with van der Waals surface area (Å²) in [6.07, 6.45) is 0.797. The van der Waals surface area contributed by atoms with E-state index in [-0.39, 0.29) is 12.4 Å². The van der Waals surface area contributed by atoms with Gasteiger partial charge in [0.2, 0.25) is 0 Å². The van der Waals surface area contributed by atoms with Crippen molar-refractivity contribution in [3.8, 4) is 11.5 Å². The molecule has 0 bridgehead atoms. The molecule has 0 aliphatic rings. The van der Waals surface area contributed by atoms with Crippen LogP contribution in [0.2, 0.25) is 15.1 Å². The van der Waals surface area contributed by atoms with E-state index >= 15 is 0 Å². The first kappa shape index (κ1) is 22.7. The smallest absolute Gasteiger partial charge is 0.180 e. The highest BCUT2D eigenvalue weighted by molar-refractivity contribution is 6.36. The van der Waals surface area contributed by atoms with Crippen LogP contribution in [-0.2, 0) is 19.6 Å². The lowest BCUT2D eigenvalue weighted by Gasteiger charge is -2.15. The molecule has 0 spiro atoms. The molecule has 3 nitrogen and oxygen atoms in total. The van der Waals surface area contributed by atoms with Crippen molar-refractivity contribution in [1.29, 1.82) is 0 Å². The van der Waals surface area contributed by atoms with Crippen LogP contribution in [0, 0.1) is 5.82 Å². The van der Waals surface area contributed by atoms with Crippen molar-refractivity contribution in [3.63, 3.8) is 0 Å². The maximum absolute atomic E-state index is 13.0. The van der Waals surface area contributed by atoms with Gasteiger partial charge in [-0.3, -0.25) is 0 Å². The van der Waals surface area contributed by atoms with Gasteiger partial charge in [-0.15, -0.1) is 0 Å². The first-order valence-corrected chi connectivity index (χ1v) is 10.5. The summed E-state index contributed by atoms with van der Waals surface area (Å²) in [4.78, 5) is 0. The molecule has 3 aromatic rings. The second kappa shape index (κ2) is 10.9. The number of rotatable bonds is 9. The number of hydrogen-bond acceptors (Lipinski definition) is 3. The van der Waals surface area contributed by atoms with Gasteiger partial charge in [0.15, 0.2) is 11.5 Å². The molecule has 3 aromatic carbocycles. The van der Waals surface area contributed by atoms with Crippen LogP contribution in [0.15, 0.2) is 54.6 Å². The Kier molecular flexibility index (Phi) is 8.23. The van der Waals surface area contributed by atoms with Gasteiger partial charge in [0.05, 0.1) is 12.1 Å².